The molecule has 0 saturated heterocycles. The second-order valence-electron chi connectivity index (χ2n) is 6.16. The summed E-state index contributed by atoms with van der Waals surface area (Å²) in [5.41, 5.74) is 4.85. The van der Waals surface area contributed by atoms with E-state index in [0.717, 1.165) is 48.4 Å². The molecule has 2 heterocycles. The average Bonchev–Trinajstić information content (AvgIpc) is 2.58. The van der Waals surface area contributed by atoms with Crippen LogP contribution in [0.5, 0.6) is 11.5 Å². The molecule has 1 aliphatic rings. The molecule has 116 valence electrons. The summed E-state index contributed by atoms with van der Waals surface area (Å²) in [6.07, 6.45) is 4.36. The fourth-order valence-corrected chi connectivity index (χ4v) is 3.56. The number of aromatic nitrogens is 1. The number of benzene rings is 2. The molecule has 2 aromatic carbocycles. The second kappa shape index (κ2) is 5.69. The lowest BCUT2D eigenvalue weighted by atomic mass is 9.92. The summed E-state index contributed by atoms with van der Waals surface area (Å²) in [5.74, 6) is 1.84. The van der Waals surface area contributed by atoms with Gasteiger partial charge in [-0.25, -0.2) is 0 Å². The Balaban J connectivity index is 2.09. The lowest BCUT2D eigenvalue weighted by Crippen LogP contribution is -2.06. The minimum atomic E-state index is 0.908. The first-order chi connectivity index (χ1) is 11.3. The molecule has 0 spiro atoms. The summed E-state index contributed by atoms with van der Waals surface area (Å²) in [6.45, 7) is 4.46. The van der Waals surface area contributed by atoms with Crippen LogP contribution in [0.25, 0.3) is 22.0 Å². The average molecular weight is 303 g/mol. The number of aryl methyl sites for hydroxylation is 2. The Hall–Kier alpha value is -2.35. The van der Waals surface area contributed by atoms with Crippen molar-refractivity contribution in [1.82, 2.24) is 4.98 Å². The lowest BCUT2D eigenvalue weighted by molar-refractivity contribution is 0.486. The molecule has 4 rings (SSSR count). The van der Waals surface area contributed by atoms with Crippen LogP contribution in [0.15, 0.2) is 42.5 Å². The van der Waals surface area contributed by atoms with E-state index in [1.54, 1.807) is 0 Å². The van der Waals surface area contributed by atoms with Gasteiger partial charge in [0.25, 0.3) is 0 Å². The molecule has 0 N–H and O–H groups in total. The number of ether oxygens (including phenoxy) is 1. The van der Waals surface area contributed by atoms with Gasteiger partial charge in [-0.2, -0.15) is 0 Å². The Morgan fingerprint density at radius 1 is 0.870 bits per heavy atom. The van der Waals surface area contributed by atoms with Gasteiger partial charge in [-0.1, -0.05) is 51.0 Å². The number of hydrogen-bond acceptors (Lipinski definition) is 2. The Bertz CT molecular complexity index is 882. The maximum atomic E-state index is 6.14. The SMILES string of the molecule is CCCc1nc2c3c(cccc3c1CCC)Oc1ccccc1-2. The van der Waals surface area contributed by atoms with Crippen molar-refractivity contribution in [3.05, 3.63) is 53.7 Å². The quantitative estimate of drug-likeness (QED) is 0.467. The first-order valence-corrected chi connectivity index (χ1v) is 8.55. The topological polar surface area (TPSA) is 22.1 Å². The van der Waals surface area contributed by atoms with E-state index >= 15 is 0 Å². The van der Waals surface area contributed by atoms with Gasteiger partial charge in [-0.05, 0) is 42.0 Å². The minimum absolute atomic E-state index is 0.908. The highest BCUT2D eigenvalue weighted by Gasteiger charge is 2.23. The van der Waals surface area contributed by atoms with Crippen LogP contribution in [0.4, 0.5) is 0 Å². The van der Waals surface area contributed by atoms with Crippen LogP contribution in [-0.2, 0) is 12.8 Å². The molecule has 0 amide bonds. The number of pyridine rings is 1. The number of nitrogens with zero attached hydrogens (tertiary/aromatic N) is 1. The zero-order valence-corrected chi connectivity index (χ0v) is 13.7. The zero-order valence-electron chi connectivity index (χ0n) is 13.7. The van der Waals surface area contributed by atoms with Crippen molar-refractivity contribution < 1.29 is 4.74 Å². The number of hydrogen-bond donors (Lipinski definition) is 0. The van der Waals surface area contributed by atoms with Gasteiger partial charge >= 0.3 is 0 Å². The molecule has 23 heavy (non-hydrogen) atoms. The van der Waals surface area contributed by atoms with Gasteiger partial charge in [0.2, 0.25) is 0 Å². The molecule has 3 aromatic rings. The Morgan fingerprint density at radius 3 is 2.48 bits per heavy atom. The van der Waals surface area contributed by atoms with Crippen LogP contribution in [-0.4, -0.2) is 4.98 Å². The number of rotatable bonds is 4. The van der Waals surface area contributed by atoms with Crippen molar-refractivity contribution in [3.63, 3.8) is 0 Å². The van der Waals surface area contributed by atoms with Crippen molar-refractivity contribution in [2.45, 2.75) is 39.5 Å². The maximum Gasteiger partial charge on any atom is 0.137 e. The Labute approximate surface area is 137 Å². The van der Waals surface area contributed by atoms with Gasteiger partial charge in [-0.15, -0.1) is 0 Å². The molecule has 0 radical (unpaired) electrons. The molecule has 1 aromatic heterocycles. The molecular formula is C21H21NO. The third kappa shape index (κ3) is 2.21. The van der Waals surface area contributed by atoms with Crippen LogP contribution < -0.4 is 4.74 Å². The molecule has 2 heteroatoms. The zero-order chi connectivity index (χ0) is 15.8. The van der Waals surface area contributed by atoms with Crippen molar-refractivity contribution in [1.29, 1.82) is 0 Å². The van der Waals surface area contributed by atoms with Crippen molar-refractivity contribution >= 4 is 10.8 Å². The summed E-state index contributed by atoms with van der Waals surface area (Å²) in [5, 5.41) is 2.49. The highest BCUT2D eigenvalue weighted by Crippen LogP contribution is 2.46. The maximum absolute atomic E-state index is 6.14. The highest BCUT2D eigenvalue weighted by molar-refractivity contribution is 6.04. The summed E-state index contributed by atoms with van der Waals surface area (Å²) >= 11 is 0. The van der Waals surface area contributed by atoms with Crippen LogP contribution in [0.2, 0.25) is 0 Å². The highest BCUT2D eigenvalue weighted by atomic mass is 16.5. The van der Waals surface area contributed by atoms with Crippen molar-refractivity contribution in [3.8, 4) is 22.8 Å². The van der Waals surface area contributed by atoms with Gasteiger partial charge in [-0.3, -0.25) is 4.98 Å². The first-order valence-electron chi connectivity index (χ1n) is 8.55. The van der Waals surface area contributed by atoms with E-state index < -0.39 is 0 Å². The van der Waals surface area contributed by atoms with Crippen LogP contribution in [0.3, 0.4) is 0 Å². The summed E-state index contributed by atoms with van der Waals surface area (Å²) in [4.78, 5) is 5.10. The van der Waals surface area contributed by atoms with Crippen LogP contribution in [0, 0.1) is 0 Å². The molecule has 1 aliphatic heterocycles. The van der Waals surface area contributed by atoms with Crippen LogP contribution in [0.1, 0.15) is 37.9 Å². The summed E-state index contributed by atoms with van der Waals surface area (Å²) < 4.78 is 6.14. The smallest absolute Gasteiger partial charge is 0.137 e. The van der Waals surface area contributed by atoms with Gasteiger partial charge in [0.05, 0.1) is 11.1 Å². The number of para-hydroxylation sites is 1. The van der Waals surface area contributed by atoms with E-state index in [2.05, 4.69) is 44.2 Å². The lowest BCUT2D eigenvalue weighted by Gasteiger charge is -2.23. The molecule has 0 fully saturated rings. The molecule has 0 aliphatic carbocycles. The van der Waals surface area contributed by atoms with Gasteiger partial charge < -0.3 is 4.74 Å². The normalized spacial score (nSPS) is 12.1. The third-order valence-electron chi connectivity index (χ3n) is 4.53. The molecule has 0 unspecified atom stereocenters. The second-order valence-corrected chi connectivity index (χ2v) is 6.16. The summed E-state index contributed by atoms with van der Waals surface area (Å²) in [7, 11) is 0. The van der Waals surface area contributed by atoms with Gasteiger partial charge in [0, 0.05) is 11.3 Å². The molecule has 0 bridgehead atoms. The van der Waals surface area contributed by atoms with E-state index in [4.69, 9.17) is 9.72 Å². The fraction of sp³-hybridized carbons (Fsp3) is 0.286. The monoisotopic (exact) mass is 303 g/mol. The Kier molecular flexibility index (Phi) is 3.53. The van der Waals surface area contributed by atoms with Crippen LogP contribution >= 0.6 is 0 Å². The van der Waals surface area contributed by atoms with E-state index in [0.29, 0.717) is 0 Å². The number of fused-ring (bicyclic) bond motifs is 2. The predicted octanol–water partition coefficient (Wildman–Crippen LogP) is 5.91. The van der Waals surface area contributed by atoms with E-state index in [9.17, 15) is 0 Å². The molecule has 0 atom stereocenters. The minimum Gasteiger partial charge on any atom is -0.456 e. The Morgan fingerprint density at radius 2 is 1.65 bits per heavy atom. The first kappa shape index (κ1) is 14.3. The van der Waals surface area contributed by atoms with Crippen molar-refractivity contribution in [2.24, 2.45) is 0 Å². The molecule has 2 nitrogen and oxygen atoms in total. The van der Waals surface area contributed by atoms with E-state index in [-0.39, 0.29) is 0 Å². The molecule has 0 saturated carbocycles. The van der Waals surface area contributed by atoms with Gasteiger partial charge in [0.15, 0.2) is 0 Å². The van der Waals surface area contributed by atoms with Gasteiger partial charge in [0.1, 0.15) is 11.5 Å². The van der Waals surface area contributed by atoms with E-state index in [1.165, 1.54) is 22.0 Å². The largest absolute Gasteiger partial charge is 0.456 e. The predicted molar refractivity (Wildman–Crippen MR) is 95.2 cm³/mol. The standard InChI is InChI=1S/C21H21NO/c1-3-8-14-15-11-7-13-19-20(15)21(22-17(14)9-4-2)16-10-5-6-12-18(16)23-19/h5-7,10-13H,3-4,8-9H2,1-2H3. The fourth-order valence-electron chi connectivity index (χ4n) is 3.56. The molecular weight excluding hydrogens is 282 g/mol. The summed E-state index contributed by atoms with van der Waals surface area (Å²) in [6, 6.07) is 14.6. The van der Waals surface area contributed by atoms with E-state index in [1.807, 2.05) is 12.1 Å². The third-order valence-corrected chi connectivity index (χ3v) is 4.53. The van der Waals surface area contributed by atoms with Crippen molar-refractivity contribution in [2.75, 3.05) is 0 Å².